The van der Waals surface area contributed by atoms with E-state index < -0.39 is 0 Å². The standard InChI is InChI=1S/C14H19NO2/c1-2-9-15-12-7-4-8-13(10-12)17-14(16)11-5-3-6-11/h4,7-8,10-11,15H,2-3,5-6,9H2,1H3. The minimum Gasteiger partial charge on any atom is -0.426 e. The van der Waals surface area contributed by atoms with Gasteiger partial charge in [0.05, 0.1) is 5.92 Å². The molecule has 0 aliphatic heterocycles. The number of hydrogen-bond donors (Lipinski definition) is 1. The number of rotatable bonds is 5. The Morgan fingerprint density at radius 3 is 2.94 bits per heavy atom. The zero-order valence-corrected chi connectivity index (χ0v) is 10.2. The lowest BCUT2D eigenvalue weighted by atomic mass is 9.86. The van der Waals surface area contributed by atoms with E-state index >= 15 is 0 Å². The predicted molar refractivity (Wildman–Crippen MR) is 68.2 cm³/mol. The molecule has 1 saturated carbocycles. The van der Waals surface area contributed by atoms with Crippen LogP contribution in [0.3, 0.4) is 0 Å². The summed E-state index contributed by atoms with van der Waals surface area (Å²) in [6.07, 6.45) is 4.18. The van der Waals surface area contributed by atoms with Crippen molar-refractivity contribution >= 4 is 11.7 Å². The summed E-state index contributed by atoms with van der Waals surface area (Å²) in [6, 6.07) is 7.59. The molecule has 1 N–H and O–H groups in total. The highest BCUT2D eigenvalue weighted by atomic mass is 16.5. The third-order valence-electron chi connectivity index (χ3n) is 3.07. The third-order valence-corrected chi connectivity index (χ3v) is 3.07. The molecule has 0 bridgehead atoms. The molecule has 17 heavy (non-hydrogen) atoms. The van der Waals surface area contributed by atoms with Crippen LogP contribution in [0.5, 0.6) is 5.75 Å². The van der Waals surface area contributed by atoms with Crippen LogP contribution in [0, 0.1) is 5.92 Å². The Kier molecular flexibility index (Phi) is 4.02. The van der Waals surface area contributed by atoms with E-state index in [9.17, 15) is 4.79 Å². The summed E-state index contributed by atoms with van der Waals surface area (Å²) in [4.78, 5) is 11.7. The number of carbonyl (C=O) groups is 1. The summed E-state index contributed by atoms with van der Waals surface area (Å²) in [5.41, 5.74) is 1.01. The summed E-state index contributed by atoms with van der Waals surface area (Å²) >= 11 is 0. The molecule has 0 radical (unpaired) electrons. The predicted octanol–water partition coefficient (Wildman–Crippen LogP) is 3.21. The van der Waals surface area contributed by atoms with Gasteiger partial charge >= 0.3 is 5.97 Å². The fourth-order valence-corrected chi connectivity index (χ4v) is 1.78. The monoisotopic (exact) mass is 233 g/mol. The highest BCUT2D eigenvalue weighted by Crippen LogP contribution is 2.28. The number of hydrogen-bond acceptors (Lipinski definition) is 3. The minimum absolute atomic E-state index is 0.0797. The molecule has 92 valence electrons. The van der Waals surface area contributed by atoms with Gasteiger partial charge in [0.25, 0.3) is 0 Å². The highest BCUT2D eigenvalue weighted by molar-refractivity contribution is 5.76. The molecule has 1 aliphatic carbocycles. The lowest BCUT2D eigenvalue weighted by Crippen LogP contribution is -2.26. The normalized spacial score (nSPS) is 15.1. The van der Waals surface area contributed by atoms with Crippen LogP contribution in [0.1, 0.15) is 32.6 Å². The Balaban J connectivity index is 1.93. The fraction of sp³-hybridized carbons (Fsp3) is 0.500. The second-order valence-corrected chi connectivity index (χ2v) is 4.50. The molecule has 1 aromatic carbocycles. The van der Waals surface area contributed by atoms with Crippen molar-refractivity contribution in [2.45, 2.75) is 32.6 Å². The number of benzene rings is 1. The van der Waals surface area contributed by atoms with E-state index in [1.165, 1.54) is 0 Å². The van der Waals surface area contributed by atoms with Crippen LogP contribution in [0.15, 0.2) is 24.3 Å². The maximum absolute atomic E-state index is 11.7. The Bertz CT molecular complexity index is 386. The van der Waals surface area contributed by atoms with Crippen molar-refractivity contribution in [2.24, 2.45) is 5.92 Å². The van der Waals surface area contributed by atoms with Crippen molar-refractivity contribution < 1.29 is 9.53 Å². The highest BCUT2D eigenvalue weighted by Gasteiger charge is 2.27. The number of anilines is 1. The van der Waals surface area contributed by atoms with E-state index in [-0.39, 0.29) is 11.9 Å². The first-order chi connectivity index (χ1) is 8.29. The van der Waals surface area contributed by atoms with Crippen molar-refractivity contribution in [2.75, 3.05) is 11.9 Å². The van der Waals surface area contributed by atoms with Crippen molar-refractivity contribution in [3.8, 4) is 5.75 Å². The summed E-state index contributed by atoms with van der Waals surface area (Å²) in [7, 11) is 0. The van der Waals surface area contributed by atoms with Gasteiger partial charge < -0.3 is 10.1 Å². The molecule has 0 atom stereocenters. The summed E-state index contributed by atoms with van der Waals surface area (Å²) in [5.74, 6) is 0.689. The average molecular weight is 233 g/mol. The number of nitrogens with one attached hydrogen (secondary N) is 1. The molecular weight excluding hydrogens is 214 g/mol. The average Bonchev–Trinajstić information content (AvgIpc) is 2.24. The Hall–Kier alpha value is -1.51. The van der Waals surface area contributed by atoms with Crippen molar-refractivity contribution in [1.82, 2.24) is 0 Å². The van der Waals surface area contributed by atoms with E-state index in [0.29, 0.717) is 5.75 Å². The fourth-order valence-electron chi connectivity index (χ4n) is 1.78. The quantitative estimate of drug-likeness (QED) is 0.627. The van der Waals surface area contributed by atoms with Gasteiger partial charge in [-0.2, -0.15) is 0 Å². The van der Waals surface area contributed by atoms with Gasteiger partial charge in [-0.25, -0.2) is 0 Å². The van der Waals surface area contributed by atoms with Crippen molar-refractivity contribution in [1.29, 1.82) is 0 Å². The first-order valence-corrected chi connectivity index (χ1v) is 6.35. The lowest BCUT2D eigenvalue weighted by molar-refractivity contribution is -0.141. The maximum Gasteiger partial charge on any atom is 0.314 e. The third kappa shape index (κ3) is 3.22. The first-order valence-electron chi connectivity index (χ1n) is 6.35. The molecule has 0 unspecified atom stereocenters. The Morgan fingerprint density at radius 2 is 2.29 bits per heavy atom. The maximum atomic E-state index is 11.7. The Labute approximate surface area is 102 Å². The first kappa shape index (κ1) is 12.0. The van der Waals surface area contributed by atoms with E-state index in [4.69, 9.17) is 4.74 Å². The van der Waals surface area contributed by atoms with Crippen LogP contribution in [0.25, 0.3) is 0 Å². The summed E-state index contributed by atoms with van der Waals surface area (Å²) in [6.45, 7) is 3.05. The zero-order chi connectivity index (χ0) is 12.1. The SMILES string of the molecule is CCCNc1cccc(OC(=O)C2CCC2)c1. The van der Waals surface area contributed by atoms with Gasteiger partial charge in [0.2, 0.25) is 0 Å². The molecule has 1 fully saturated rings. The van der Waals surface area contributed by atoms with E-state index in [1.54, 1.807) is 0 Å². The molecule has 2 rings (SSSR count). The topological polar surface area (TPSA) is 38.3 Å². The second kappa shape index (κ2) is 5.71. The zero-order valence-electron chi connectivity index (χ0n) is 10.2. The van der Waals surface area contributed by atoms with E-state index in [2.05, 4.69) is 12.2 Å². The van der Waals surface area contributed by atoms with Gasteiger partial charge in [-0.15, -0.1) is 0 Å². The van der Waals surface area contributed by atoms with Crippen molar-refractivity contribution in [3.63, 3.8) is 0 Å². The minimum atomic E-state index is -0.0797. The van der Waals surface area contributed by atoms with Gasteiger partial charge in [-0.1, -0.05) is 19.4 Å². The van der Waals surface area contributed by atoms with Crippen LogP contribution in [-0.4, -0.2) is 12.5 Å². The molecule has 3 heteroatoms. The summed E-state index contributed by atoms with van der Waals surface area (Å²) in [5, 5.41) is 3.27. The van der Waals surface area contributed by atoms with E-state index in [1.807, 2.05) is 24.3 Å². The van der Waals surface area contributed by atoms with Gasteiger partial charge in [0, 0.05) is 18.3 Å². The molecule has 0 heterocycles. The molecule has 0 aromatic heterocycles. The van der Waals surface area contributed by atoms with Crippen molar-refractivity contribution in [3.05, 3.63) is 24.3 Å². The Morgan fingerprint density at radius 1 is 1.47 bits per heavy atom. The van der Waals surface area contributed by atoms with E-state index in [0.717, 1.165) is 37.9 Å². The lowest BCUT2D eigenvalue weighted by Gasteiger charge is -2.23. The van der Waals surface area contributed by atoms with Crippen LogP contribution in [0.4, 0.5) is 5.69 Å². The molecule has 1 aliphatic rings. The van der Waals surface area contributed by atoms with Gasteiger partial charge in [0.1, 0.15) is 5.75 Å². The number of carbonyl (C=O) groups excluding carboxylic acids is 1. The van der Waals surface area contributed by atoms with Crippen LogP contribution >= 0.6 is 0 Å². The van der Waals surface area contributed by atoms with Gasteiger partial charge in [0.15, 0.2) is 0 Å². The largest absolute Gasteiger partial charge is 0.426 e. The molecule has 0 saturated heterocycles. The summed E-state index contributed by atoms with van der Waals surface area (Å²) < 4.78 is 5.36. The van der Waals surface area contributed by atoms with Crippen LogP contribution < -0.4 is 10.1 Å². The number of esters is 1. The van der Waals surface area contributed by atoms with Crippen LogP contribution in [-0.2, 0) is 4.79 Å². The molecule has 3 nitrogen and oxygen atoms in total. The molecule has 1 aromatic rings. The molecule has 0 amide bonds. The molecular formula is C14H19NO2. The molecule has 0 spiro atoms. The van der Waals surface area contributed by atoms with Gasteiger partial charge in [-0.3, -0.25) is 4.79 Å². The second-order valence-electron chi connectivity index (χ2n) is 4.50. The van der Waals surface area contributed by atoms with Gasteiger partial charge in [-0.05, 0) is 31.4 Å². The number of ether oxygens (including phenoxy) is 1. The van der Waals surface area contributed by atoms with Crippen LogP contribution in [0.2, 0.25) is 0 Å². The smallest absolute Gasteiger partial charge is 0.314 e.